The second kappa shape index (κ2) is 7.41. The molecule has 0 N–H and O–H groups in total. The van der Waals surface area contributed by atoms with Crippen LogP contribution in [0.5, 0.6) is 0 Å². The second-order valence-corrected chi connectivity index (χ2v) is 5.77. The summed E-state index contributed by atoms with van der Waals surface area (Å²) in [6.45, 7) is 5.09. The summed E-state index contributed by atoms with van der Waals surface area (Å²) in [4.78, 5) is 11.2. The molecule has 1 aromatic carbocycles. The van der Waals surface area contributed by atoms with Gasteiger partial charge in [-0.25, -0.2) is 9.97 Å². The zero-order chi connectivity index (χ0) is 15.2. The van der Waals surface area contributed by atoms with Gasteiger partial charge in [0.05, 0.1) is 23.5 Å². The van der Waals surface area contributed by atoms with E-state index in [0.717, 1.165) is 30.2 Å². The molecule has 0 bridgehead atoms. The first-order chi connectivity index (χ1) is 10.1. The highest BCUT2D eigenvalue weighted by Crippen LogP contribution is 2.21. The molecule has 0 atom stereocenters. The third kappa shape index (κ3) is 4.18. The van der Waals surface area contributed by atoms with Crippen LogP contribution < -0.4 is 4.90 Å². The highest BCUT2D eigenvalue weighted by molar-refractivity contribution is 6.17. The first-order valence-electron chi connectivity index (χ1n) is 7.28. The number of likely N-dealkylation sites (N-methyl/N-ethyl adjacent to an activating group) is 1. The highest BCUT2D eigenvalue weighted by Gasteiger charge is 2.12. The van der Waals surface area contributed by atoms with Gasteiger partial charge in [-0.2, -0.15) is 0 Å². The lowest BCUT2D eigenvalue weighted by Crippen LogP contribution is -2.22. The Morgan fingerprint density at radius 3 is 2.52 bits per heavy atom. The summed E-state index contributed by atoms with van der Waals surface area (Å²) < 4.78 is 0. The van der Waals surface area contributed by atoms with E-state index >= 15 is 0 Å². The van der Waals surface area contributed by atoms with Crippen molar-refractivity contribution in [2.75, 3.05) is 18.5 Å². The fourth-order valence-electron chi connectivity index (χ4n) is 2.18. The summed E-state index contributed by atoms with van der Waals surface area (Å²) in [5.74, 6) is 1.58. The van der Waals surface area contributed by atoms with Crippen LogP contribution in [0.4, 0.5) is 5.69 Å². The third-order valence-electron chi connectivity index (χ3n) is 3.50. The van der Waals surface area contributed by atoms with Crippen molar-refractivity contribution in [1.29, 1.82) is 0 Å². The standard InChI is InChI=1S/C17H22ClN3/c1-13(2)17-19-12-16(15(11-18)20-17)21(3)10-9-14-7-5-4-6-8-14/h4-8,12-13H,9-11H2,1-3H3. The monoisotopic (exact) mass is 303 g/mol. The number of hydrogen-bond acceptors (Lipinski definition) is 3. The van der Waals surface area contributed by atoms with Crippen molar-refractivity contribution < 1.29 is 0 Å². The average Bonchev–Trinajstić information content (AvgIpc) is 2.52. The molecule has 2 rings (SSSR count). The zero-order valence-electron chi connectivity index (χ0n) is 12.9. The van der Waals surface area contributed by atoms with Crippen LogP contribution in [0.2, 0.25) is 0 Å². The molecule has 0 aliphatic carbocycles. The van der Waals surface area contributed by atoms with Gasteiger partial charge in [-0.1, -0.05) is 44.2 Å². The van der Waals surface area contributed by atoms with Crippen molar-refractivity contribution >= 4 is 17.3 Å². The smallest absolute Gasteiger partial charge is 0.131 e. The number of alkyl halides is 1. The van der Waals surface area contributed by atoms with Gasteiger partial charge in [-0.15, -0.1) is 11.6 Å². The Kier molecular flexibility index (Phi) is 5.57. The van der Waals surface area contributed by atoms with Crippen molar-refractivity contribution in [2.24, 2.45) is 0 Å². The number of hydrogen-bond donors (Lipinski definition) is 0. The minimum atomic E-state index is 0.315. The van der Waals surface area contributed by atoms with Gasteiger partial charge < -0.3 is 4.90 Å². The molecule has 0 unspecified atom stereocenters. The number of nitrogens with zero attached hydrogens (tertiary/aromatic N) is 3. The van der Waals surface area contributed by atoms with Crippen LogP contribution in [0.1, 0.15) is 36.8 Å². The molecule has 4 heteroatoms. The van der Waals surface area contributed by atoms with E-state index in [2.05, 4.69) is 60.0 Å². The number of rotatable bonds is 6. The van der Waals surface area contributed by atoms with Crippen LogP contribution in [0.25, 0.3) is 0 Å². The fraction of sp³-hybridized carbons (Fsp3) is 0.412. The van der Waals surface area contributed by atoms with Gasteiger partial charge in [0.15, 0.2) is 0 Å². The summed E-state index contributed by atoms with van der Waals surface area (Å²) in [6.07, 6.45) is 2.88. The first-order valence-corrected chi connectivity index (χ1v) is 7.82. The van der Waals surface area contributed by atoms with E-state index in [1.807, 2.05) is 12.3 Å². The summed E-state index contributed by atoms with van der Waals surface area (Å²) in [5.41, 5.74) is 3.26. The molecule has 112 valence electrons. The van der Waals surface area contributed by atoms with Crippen molar-refractivity contribution in [3.8, 4) is 0 Å². The molecular weight excluding hydrogens is 282 g/mol. The molecule has 0 spiro atoms. The zero-order valence-corrected chi connectivity index (χ0v) is 13.6. The lowest BCUT2D eigenvalue weighted by Gasteiger charge is -2.21. The van der Waals surface area contributed by atoms with Crippen LogP contribution in [-0.2, 0) is 12.3 Å². The first kappa shape index (κ1) is 15.8. The minimum absolute atomic E-state index is 0.315. The van der Waals surface area contributed by atoms with Gasteiger partial charge in [0.25, 0.3) is 0 Å². The molecule has 0 aliphatic rings. The van der Waals surface area contributed by atoms with Gasteiger partial charge >= 0.3 is 0 Å². The predicted octanol–water partition coefficient (Wildman–Crippen LogP) is 4.02. The van der Waals surface area contributed by atoms with E-state index in [4.69, 9.17) is 11.6 Å². The summed E-state index contributed by atoms with van der Waals surface area (Å²) >= 11 is 6.05. The Hall–Kier alpha value is -1.61. The molecule has 0 saturated carbocycles. The van der Waals surface area contributed by atoms with Crippen LogP contribution in [0.3, 0.4) is 0 Å². The highest BCUT2D eigenvalue weighted by atomic mass is 35.5. The largest absolute Gasteiger partial charge is 0.372 e. The molecule has 21 heavy (non-hydrogen) atoms. The van der Waals surface area contributed by atoms with E-state index in [-0.39, 0.29) is 0 Å². The SMILES string of the molecule is CC(C)c1ncc(N(C)CCc2ccccc2)c(CCl)n1. The van der Waals surface area contributed by atoms with Gasteiger partial charge in [0.1, 0.15) is 5.82 Å². The number of aromatic nitrogens is 2. The van der Waals surface area contributed by atoms with Crippen molar-refractivity contribution in [3.63, 3.8) is 0 Å². The molecule has 2 aromatic rings. The predicted molar refractivity (Wildman–Crippen MR) is 89.1 cm³/mol. The normalized spacial score (nSPS) is 10.9. The molecule has 3 nitrogen and oxygen atoms in total. The Labute approximate surface area is 132 Å². The fourth-order valence-corrected chi connectivity index (χ4v) is 2.38. The molecule has 0 aliphatic heterocycles. The Morgan fingerprint density at radius 2 is 1.90 bits per heavy atom. The molecule has 1 heterocycles. The van der Waals surface area contributed by atoms with Gasteiger partial charge in [-0.05, 0) is 12.0 Å². The van der Waals surface area contributed by atoms with Gasteiger partial charge in [0, 0.05) is 19.5 Å². The van der Waals surface area contributed by atoms with Crippen LogP contribution in [0.15, 0.2) is 36.5 Å². The maximum absolute atomic E-state index is 6.05. The average molecular weight is 304 g/mol. The van der Waals surface area contributed by atoms with Crippen molar-refractivity contribution in [1.82, 2.24) is 9.97 Å². The molecule has 0 amide bonds. The quantitative estimate of drug-likeness (QED) is 0.755. The third-order valence-corrected chi connectivity index (χ3v) is 3.75. The maximum atomic E-state index is 6.05. The summed E-state index contributed by atoms with van der Waals surface area (Å²) in [6, 6.07) is 10.5. The number of anilines is 1. The van der Waals surface area contributed by atoms with Gasteiger partial charge in [-0.3, -0.25) is 0 Å². The van der Waals surface area contributed by atoms with E-state index in [1.165, 1.54) is 5.56 Å². The lowest BCUT2D eigenvalue weighted by atomic mass is 10.1. The lowest BCUT2D eigenvalue weighted by molar-refractivity contribution is 0.757. The summed E-state index contributed by atoms with van der Waals surface area (Å²) in [5, 5.41) is 0. The summed E-state index contributed by atoms with van der Waals surface area (Å²) in [7, 11) is 2.06. The number of benzene rings is 1. The minimum Gasteiger partial charge on any atom is -0.372 e. The maximum Gasteiger partial charge on any atom is 0.131 e. The van der Waals surface area contributed by atoms with Crippen molar-refractivity contribution in [2.45, 2.75) is 32.1 Å². The molecule has 0 radical (unpaired) electrons. The topological polar surface area (TPSA) is 29.0 Å². The van der Waals surface area contributed by atoms with Gasteiger partial charge in [0.2, 0.25) is 0 Å². The Bertz CT molecular complexity index is 570. The molecule has 1 aromatic heterocycles. The van der Waals surface area contributed by atoms with Crippen LogP contribution >= 0.6 is 11.6 Å². The molecular formula is C17H22ClN3. The van der Waals surface area contributed by atoms with E-state index in [9.17, 15) is 0 Å². The van der Waals surface area contributed by atoms with Crippen LogP contribution in [-0.4, -0.2) is 23.6 Å². The van der Waals surface area contributed by atoms with E-state index in [1.54, 1.807) is 0 Å². The van der Waals surface area contributed by atoms with E-state index in [0.29, 0.717) is 11.8 Å². The van der Waals surface area contributed by atoms with Crippen LogP contribution in [0, 0.1) is 0 Å². The Morgan fingerprint density at radius 1 is 1.19 bits per heavy atom. The van der Waals surface area contributed by atoms with Crippen molar-refractivity contribution in [3.05, 3.63) is 53.6 Å². The van der Waals surface area contributed by atoms with E-state index < -0.39 is 0 Å². The molecule has 0 fully saturated rings. The second-order valence-electron chi connectivity index (χ2n) is 5.51. The Balaban J connectivity index is 2.09. The number of halogens is 1. The molecule has 0 saturated heterocycles.